The van der Waals surface area contributed by atoms with Crippen LogP contribution >= 0.6 is 11.6 Å². The zero-order valence-electron chi connectivity index (χ0n) is 17.6. The Kier molecular flexibility index (Phi) is 6.96. The van der Waals surface area contributed by atoms with E-state index in [-0.39, 0.29) is 28.8 Å². The number of anilines is 1. The monoisotopic (exact) mass is 473 g/mol. The number of H-pyrrole nitrogens is 1. The molecule has 0 saturated heterocycles. The first-order valence-corrected chi connectivity index (χ1v) is 10.5. The van der Waals surface area contributed by atoms with Crippen molar-refractivity contribution in [3.8, 4) is 23.1 Å². The highest BCUT2D eigenvalue weighted by molar-refractivity contribution is 6.30. The summed E-state index contributed by atoms with van der Waals surface area (Å²) in [6.07, 6.45) is 1.55. The molecule has 1 heterocycles. The fourth-order valence-electron chi connectivity index (χ4n) is 3.05. The van der Waals surface area contributed by atoms with Crippen molar-refractivity contribution >= 4 is 23.8 Å². The number of hydrazone groups is 1. The van der Waals surface area contributed by atoms with Gasteiger partial charge in [-0.2, -0.15) is 10.4 Å². The SMILES string of the molecule is N#Cc1c(-c2ccccc2)nc(NN=Cc2ccc(OCc3ccc(F)c(Cl)c3)cc2)[nH]c1=O. The van der Waals surface area contributed by atoms with E-state index in [0.29, 0.717) is 11.3 Å². The molecule has 0 bridgehead atoms. The van der Waals surface area contributed by atoms with Gasteiger partial charge in [-0.1, -0.05) is 48.0 Å². The number of ether oxygens (including phenoxy) is 1. The maximum absolute atomic E-state index is 13.2. The summed E-state index contributed by atoms with van der Waals surface area (Å²) in [5, 5.41) is 13.5. The minimum atomic E-state index is -0.557. The predicted molar refractivity (Wildman–Crippen MR) is 128 cm³/mol. The molecule has 0 spiro atoms. The molecule has 4 aromatic rings. The molecule has 34 heavy (non-hydrogen) atoms. The van der Waals surface area contributed by atoms with Gasteiger partial charge in [-0.15, -0.1) is 0 Å². The summed E-state index contributed by atoms with van der Waals surface area (Å²) in [5.41, 5.74) is 4.50. The van der Waals surface area contributed by atoms with Crippen LogP contribution in [0.5, 0.6) is 5.75 Å². The summed E-state index contributed by atoms with van der Waals surface area (Å²) in [6, 6.07) is 22.4. The highest BCUT2D eigenvalue weighted by Crippen LogP contribution is 2.20. The number of rotatable bonds is 7. The first-order chi connectivity index (χ1) is 16.5. The lowest BCUT2D eigenvalue weighted by atomic mass is 10.1. The third-order valence-electron chi connectivity index (χ3n) is 4.73. The summed E-state index contributed by atoms with van der Waals surface area (Å²) >= 11 is 5.78. The van der Waals surface area contributed by atoms with Gasteiger partial charge in [0.15, 0.2) is 0 Å². The molecule has 9 heteroatoms. The van der Waals surface area contributed by atoms with Gasteiger partial charge in [-0.25, -0.2) is 14.8 Å². The van der Waals surface area contributed by atoms with E-state index in [4.69, 9.17) is 16.3 Å². The van der Waals surface area contributed by atoms with E-state index >= 15 is 0 Å². The lowest BCUT2D eigenvalue weighted by molar-refractivity contribution is 0.306. The molecule has 0 aliphatic rings. The third-order valence-corrected chi connectivity index (χ3v) is 5.02. The van der Waals surface area contributed by atoms with Crippen LogP contribution in [0.25, 0.3) is 11.3 Å². The molecule has 0 aliphatic carbocycles. The van der Waals surface area contributed by atoms with Crippen LogP contribution in [0.15, 0.2) is 82.7 Å². The topological polar surface area (TPSA) is 103 Å². The number of aromatic amines is 1. The quantitative estimate of drug-likeness (QED) is 0.286. The van der Waals surface area contributed by atoms with E-state index in [2.05, 4.69) is 20.5 Å². The van der Waals surface area contributed by atoms with Crippen molar-refractivity contribution in [2.45, 2.75) is 6.61 Å². The van der Waals surface area contributed by atoms with Crippen LogP contribution in [0.2, 0.25) is 5.02 Å². The number of hydrogen-bond acceptors (Lipinski definition) is 6. The highest BCUT2D eigenvalue weighted by atomic mass is 35.5. The average Bonchev–Trinajstić information content (AvgIpc) is 2.86. The minimum Gasteiger partial charge on any atom is -0.489 e. The molecule has 0 saturated carbocycles. The molecule has 0 amide bonds. The van der Waals surface area contributed by atoms with Gasteiger partial charge in [0, 0.05) is 5.56 Å². The summed E-state index contributed by atoms with van der Waals surface area (Å²) in [6.45, 7) is 0.246. The lowest BCUT2D eigenvalue weighted by Crippen LogP contribution is -2.16. The fraction of sp³-hybridized carbons (Fsp3) is 0.0400. The van der Waals surface area contributed by atoms with Gasteiger partial charge in [0.05, 0.1) is 16.9 Å². The van der Waals surface area contributed by atoms with E-state index < -0.39 is 11.4 Å². The first-order valence-electron chi connectivity index (χ1n) is 10.1. The standard InChI is InChI=1S/C25H17ClFN5O2/c26-21-12-17(8-11-22(21)27)15-34-19-9-6-16(7-10-19)14-29-32-25-30-23(18-4-2-1-3-5-18)20(13-28)24(33)31-25/h1-12,14H,15H2,(H2,30,31,32,33). The van der Waals surface area contributed by atoms with Crippen molar-refractivity contribution in [2.75, 3.05) is 5.43 Å². The average molecular weight is 474 g/mol. The van der Waals surface area contributed by atoms with Gasteiger partial charge < -0.3 is 4.74 Å². The molecule has 7 nitrogen and oxygen atoms in total. The number of nitrogens with one attached hydrogen (secondary N) is 2. The molecule has 2 N–H and O–H groups in total. The zero-order valence-corrected chi connectivity index (χ0v) is 18.4. The summed E-state index contributed by atoms with van der Waals surface area (Å²) < 4.78 is 18.9. The van der Waals surface area contributed by atoms with Crippen LogP contribution in [0.1, 0.15) is 16.7 Å². The Morgan fingerprint density at radius 3 is 2.62 bits per heavy atom. The molecule has 1 aromatic heterocycles. The number of benzene rings is 3. The highest BCUT2D eigenvalue weighted by Gasteiger charge is 2.12. The van der Waals surface area contributed by atoms with Crippen molar-refractivity contribution in [1.29, 1.82) is 5.26 Å². The Balaban J connectivity index is 1.41. The number of nitrogens with zero attached hydrogens (tertiary/aromatic N) is 3. The number of hydrogen-bond donors (Lipinski definition) is 2. The van der Waals surface area contributed by atoms with Gasteiger partial charge in [0.2, 0.25) is 5.95 Å². The number of nitriles is 1. The summed E-state index contributed by atoms with van der Waals surface area (Å²) in [7, 11) is 0. The third kappa shape index (κ3) is 5.46. The van der Waals surface area contributed by atoms with Crippen LogP contribution in [0, 0.1) is 17.1 Å². The van der Waals surface area contributed by atoms with E-state index in [1.54, 1.807) is 60.8 Å². The van der Waals surface area contributed by atoms with Crippen molar-refractivity contribution in [1.82, 2.24) is 9.97 Å². The second-order valence-corrected chi connectivity index (χ2v) is 7.50. The summed E-state index contributed by atoms with van der Waals surface area (Å²) in [4.78, 5) is 19.1. The van der Waals surface area contributed by atoms with E-state index in [1.165, 1.54) is 12.1 Å². The van der Waals surface area contributed by atoms with Crippen molar-refractivity contribution in [3.05, 3.63) is 111 Å². The smallest absolute Gasteiger partial charge is 0.270 e. The zero-order chi connectivity index (χ0) is 23.9. The second-order valence-electron chi connectivity index (χ2n) is 7.09. The molecular formula is C25H17ClFN5O2. The van der Waals surface area contributed by atoms with Gasteiger partial charge >= 0.3 is 0 Å². The van der Waals surface area contributed by atoms with Crippen LogP contribution in [0.3, 0.4) is 0 Å². The molecule has 0 aliphatic heterocycles. The molecular weight excluding hydrogens is 457 g/mol. The molecule has 0 radical (unpaired) electrons. The maximum atomic E-state index is 13.2. The molecule has 0 unspecified atom stereocenters. The molecule has 168 valence electrons. The summed E-state index contributed by atoms with van der Waals surface area (Å²) in [5.74, 6) is 0.257. The first kappa shape index (κ1) is 22.7. The van der Waals surface area contributed by atoms with Crippen molar-refractivity contribution in [2.24, 2.45) is 5.10 Å². The minimum absolute atomic E-state index is 0.0501. The Hall–Kier alpha value is -4.48. The van der Waals surface area contributed by atoms with Crippen LogP contribution in [-0.4, -0.2) is 16.2 Å². The largest absolute Gasteiger partial charge is 0.489 e. The molecule has 0 fully saturated rings. The Morgan fingerprint density at radius 2 is 1.91 bits per heavy atom. The molecule has 3 aromatic carbocycles. The van der Waals surface area contributed by atoms with Crippen LogP contribution < -0.4 is 15.7 Å². The van der Waals surface area contributed by atoms with E-state index in [1.807, 2.05) is 12.1 Å². The maximum Gasteiger partial charge on any atom is 0.270 e. The lowest BCUT2D eigenvalue weighted by Gasteiger charge is -2.07. The van der Waals surface area contributed by atoms with Gasteiger partial charge in [-0.3, -0.25) is 9.78 Å². The second kappa shape index (κ2) is 10.4. The van der Waals surface area contributed by atoms with Gasteiger partial charge in [0.1, 0.15) is 29.8 Å². The Morgan fingerprint density at radius 1 is 1.15 bits per heavy atom. The Labute approximate surface area is 199 Å². The van der Waals surface area contributed by atoms with Crippen molar-refractivity contribution in [3.63, 3.8) is 0 Å². The number of aromatic nitrogens is 2. The van der Waals surface area contributed by atoms with E-state index in [9.17, 15) is 14.4 Å². The Bertz CT molecular complexity index is 1430. The van der Waals surface area contributed by atoms with Gasteiger partial charge in [-0.05, 0) is 47.5 Å². The predicted octanol–water partition coefficient (Wildman–Crippen LogP) is 5.13. The normalized spacial score (nSPS) is 10.7. The molecule has 4 rings (SSSR count). The van der Waals surface area contributed by atoms with Crippen LogP contribution in [-0.2, 0) is 6.61 Å². The van der Waals surface area contributed by atoms with Crippen molar-refractivity contribution < 1.29 is 9.13 Å². The fourth-order valence-corrected chi connectivity index (χ4v) is 3.25. The van der Waals surface area contributed by atoms with Gasteiger partial charge in [0.25, 0.3) is 5.56 Å². The van der Waals surface area contributed by atoms with Crippen LogP contribution in [0.4, 0.5) is 10.3 Å². The molecule has 0 atom stereocenters. The van der Waals surface area contributed by atoms with E-state index in [0.717, 1.165) is 11.1 Å². The number of halogens is 2.